The van der Waals surface area contributed by atoms with Crippen molar-refractivity contribution in [3.05, 3.63) is 0 Å². The van der Waals surface area contributed by atoms with Crippen molar-refractivity contribution in [2.45, 2.75) is 25.0 Å². The lowest BCUT2D eigenvalue weighted by Gasteiger charge is -2.19. The number of likely N-dealkylation sites (N-methyl/N-ethyl adjacent to an activating group) is 1. The molecule has 0 aromatic carbocycles. The Morgan fingerprint density at radius 1 is 1.42 bits per heavy atom. The first-order valence-corrected chi connectivity index (χ1v) is 4.87. The Kier molecular flexibility index (Phi) is 2.35. The van der Waals surface area contributed by atoms with Gasteiger partial charge in [0.1, 0.15) is 0 Å². The van der Waals surface area contributed by atoms with Gasteiger partial charge in [0.2, 0.25) is 0 Å². The first-order chi connectivity index (χ1) is 5.77. The maximum atomic E-state index is 9.81. The highest BCUT2D eigenvalue weighted by atomic mass is 16.3. The van der Waals surface area contributed by atoms with Crippen LogP contribution in [0.25, 0.3) is 0 Å². The third kappa shape index (κ3) is 1.49. The third-order valence-electron chi connectivity index (χ3n) is 3.13. The van der Waals surface area contributed by atoms with E-state index in [4.69, 9.17) is 0 Å². The molecule has 3 unspecified atom stereocenters. The molecule has 0 aliphatic carbocycles. The number of fused-ring (bicyclic) bond motifs is 1. The first-order valence-electron chi connectivity index (χ1n) is 4.87. The van der Waals surface area contributed by atoms with Gasteiger partial charge in [-0.15, -0.1) is 0 Å². The van der Waals surface area contributed by atoms with Gasteiger partial charge in [-0.05, 0) is 26.4 Å². The van der Waals surface area contributed by atoms with E-state index in [-0.39, 0.29) is 6.10 Å². The molecule has 12 heavy (non-hydrogen) atoms. The van der Waals surface area contributed by atoms with Crippen molar-refractivity contribution < 1.29 is 5.11 Å². The third-order valence-corrected chi connectivity index (χ3v) is 3.13. The largest absolute Gasteiger partial charge is 0.393 e. The topological polar surface area (TPSA) is 35.5 Å². The lowest BCUT2D eigenvalue weighted by atomic mass is 9.96. The van der Waals surface area contributed by atoms with Crippen LogP contribution in [0.1, 0.15) is 12.8 Å². The molecule has 70 valence electrons. The average molecular weight is 170 g/mol. The van der Waals surface area contributed by atoms with Crippen LogP contribution < -0.4 is 5.32 Å². The summed E-state index contributed by atoms with van der Waals surface area (Å²) in [6.45, 7) is 3.23. The van der Waals surface area contributed by atoms with Crippen LogP contribution in [-0.4, -0.2) is 48.8 Å². The summed E-state index contributed by atoms with van der Waals surface area (Å²) in [6.07, 6.45) is 2.02. The molecular formula is C9H18N2O. The van der Waals surface area contributed by atoms with Crippen molar-refractivity contribution in [2.24, 2.45) is 5.92 Å². The minimum absolute atomic E-state index is 0.0741. The van der Waals surface area contributed by atoms with Crippen LogP contribution in [0.15, 0.2) is 0 Å². The molecule has 0 saturated carbocycles. The summed E-state index contributed by atoms with van der Waals surface area (Å²) in [5, 5.41) is 13.3. The van der Waals surface area contributed by atoms with Crippen molar-refractivity contribution in [2.75, 3.05) is 26.7 Å². The zero-order chi connectivity index (χ0) is 8.55. The van der Waals surface area contributed by atoms with Crippen molar-refractivity contribution in [1.29, 1.82) is 0 Å². The van der Waals surface area contributed by atoms with Gasteiger partial charge in [-0.3, -0.25) is 0 Å². The van der Waals surface area contributed by atoms with E-state index in [0.29, 0.717) is 12.0 Å². The van der Waals surface area contributed by atoms with Crippen LogP contribution in [0.2, 0.25) is 0 Å². The van der Waals surface area contributed by atoms with E-state index >= 15 is 0 Å². The molecule has 2 rings (SSSR count). The van der Waals surface area contributed by atoms with Crippen LogP contribution in [-0.2, 0) is 0 Å². The fourth-order valence-corrected chi connectivity index (χ4v) is 2.45. The van der Waals surface area contributed by atoms with Gasteiger partial charge >= 0.3 is 0 Å². The van der Waals surface area contributed by atoms with Crippen molar-refractivity contribution in [1.82, 2.24) is 10.2 Å². The van der Waals surface area contributed by atoms with Crippen molar-refractivity contribution in [3.8, 4) is 0 Å². The van der Waals surface area contributed by atoms with Crippen LogP contribution in [0, 0.1) is 5.92 Å². The van der Waals surface area contributed by atoms with E-state index in [1.165, 1.54) is 0 Å². The van der Waals surface area contributed by atoms with Gasteiger partial charge in [-0.25, -0.2) is 0 Å². The molecule has 2 N–H and O–H groups in total. The number of nitrogens with one attached hydrogen (secondary N) is 1. The summed E-state index contributed by atoms with van der Waals surface area (Å²) < 4.78 is 0. The minimum atomic E-state index is -0.0741. The van der Waals surface area contributed by atoms with Crippen LogP contribution in [0.5, 0.6) is 0 Å². The van der Waals surface area contributed by atoms with Gasteiger partial charge in [-0.2, -0.15) is 0 Å². The fraction of sp³-hybridized carbons (Fsp3) is 1.00. The van der Waals surface area contributed by atoms with Crippen LogP contribution in [0.4, 0.5) is 0 Å². The molecular weight excluding hydrogens is 152 g/mol. The molecule has 0 spiro atoms. The van der Waals surface area contributed by atoms with E-state index in [1.54, 1.807) is 0 Å². The molecule has 3 atom stereocenters. The lowest BCUT2D eigenvalue weighted by Crippen LogP contribution is -2.38. The zero-order valence-corrected chi connectivity index (χ0v) is 7.66. The molecule has 2 aliphatic heterocycles. The molecule has 0 aromatic rings. The molecule has 0 amide bonds. The highest BCUT2D eigenvalue weighted by Crippen LogP contribution is 2.23. The van der Waals surface area contributed by atoms with Crippen LogP contribution >= 0.6 is 0 Å². The Morgan fingerprint density at radius 3 is 3.08 bits per heavy atom. The molecule has 0 aromatic heterocycles. The van der Waals surface area contributed by atoms with Gasteiger partial charge in [0.15, 0.2) is 0 Å². The predicted molar refractivity (Wildman–Crippen MR) is 48.0 cm³/mol. The maximum Gasteiger partial charge on any atom is 0.0596 e. The lowest BCUT2D eigenvalue weighted by molar-refractivity contribution is 0.101. The summed E-state index contributed by atoms with van der Waals surface area (Å²) >= 11 is 0. The zero-order valence-electron chi connectivity index (χ0n) is 7.66. The Balaban J connectivity index is 2.04. The van der Waals surface area contributed by atoms with E-state index in [9.17, 15) is 5.11 Å². The molecule has 3 nitrogen and oxygen atoms in total. The van der Waals surface area contributed by atoms with Crippen molar-refractivity contribution in [3.63, 3.8) is 0 Å². The minimum Gasteiger partial charge on any atom is -0.393 e. The van der Waals surface area contributed by atoms with E-state index in [2.05, 4.69) is 17.3 Å². The summed E-state index contributed by atoms with van der Waals surface area (Å²) in [7, 11) is 2.13. The molecule has 0 radical (unpaired) electrons. The number of hydrogen-bond acceptors (Lipinski definition) is 3. The number of hydrogen-bond donors (Lipinski definition) is 2. The number of likely N-dealkylation sites (tertiary alicyclic amines) is 1. The standard InChI is InChI=1S/C9H18N2O/c1-11-5-7-8(6-11)10-4-2-3-9(7)12/h7-10,12H,2-6H2,1H3. The summed E-state index contributed by atoms with van der Waals surface area (Å²) in [6, 6.07) is 0.535. The van der Waals surface area contributed by atoms with Gasteiger partial charge in [0.25, 0.3) is 0 Å². The van der Waals surface area contributed by atoms with Crippen LogP contribution in [0.3, 0.4) is 0 Å². The van der Waals surface area contributed by atoms with E-state index < -0.39 is 0 Å². The smallest absolute Gasteiger partial charge is 0.0596 e. The fourth-order valence-electron chi connectivity index (χ4n) is 2.45. The highest BCUT2D eigenvalue weighted by molar-refractivity contribution is 4.93. The summed E-state index contributed by atoms with van der Waals surface area (Å²) in [5.41, 5.74) is 0. The Hall–Kier alpha value is -0.120. The Bertz CT molecular complexity index is 163. The number of rotatable bonds is 0. The number of aliphatic hydroxyl groups excluding tert-OH is 1. The Labute approximate surface area is 73.8 Å². The van der Waals surface area contributed by atoms with E-state index in [1.807, 2.05) is 0 Å². The summed E-state index contributed by atoms with van der Waals surface area (Å²) in [5.74, 6) is 0.470. The molecule has 2 aliphatic rings. The first kappa shape index (κ1) is 8.48. The van der Waals surface area contributed by atoms with Gasteiger partial charge in [-0.1, -0.05) is 0 Å². The number of aliphatic hydroxyl groups is 1. The molecule has 3 heteroatoms. The van der Waals surface area contributed by atoms with E-state index in [0.717, 1.165) is 32.5 Å². The molecule has 0 bridgehead atoms. The maximum absolute atomic E-state index is 9.81. The second-order valence-corrected chi connectivity index (χ2v) is 4.16. The van der Waals surface area contributed by atoms with Crippen molar-refractivity contribution >= 4 is 0 Å². The quantitative estimate of drug-likeness (QED) is 0.522. The highest BCUT2D eigenvalue weighted by Gasteiger charge is 2.36. The average Bonchev–Trinajstić information content (AvgIpc) is 2.33. The monoisotopic (exact) mass is 170 g/mol. The Morgan fingerprint density at radius 2 is 2.25 bits per heavy atom. The SMILES string of the molecule is CN1CC2NCCCC(O)C2C1. The predicted octanol–water partition coefficient (Wildman–Crippen LogP) is -0.339. The molecule has 2 heterocycles. The second-order valence-electron chi connectivity index (χ2n) is 4.16. The van der Waals surface area contributed by atoms with Gasteiger partial charge < -0.3 is 15.3 Å². The molecule has 2 saturated heterocycles. The number of nitrogens with zero attached hydrogens (tertiary/aromatic N) is 1. The summed E-state index contributed by atoms with van der Waals surface area (Å²) in [4.78, 5) is 2.30. The normalized spacial score (nSPS) is 44.0. The van der Waals surface area contributed by atoms with Gasteiger partial charge in [0.05, 0.1) is 6.10 Å². The molecule has 2 fully saturated rings. The second kappa shape index (κ2) is 3.32. The van der Waals surface area contributed by atoms with Gasteiger partial charge in [0, 0.05) is 25.0 Å².